The highest BCUT2D eigenvalue weighted by Crippen LogP contribution is 2.14. The lowest BCUT2D eigenvalue weighted by atomic mass is 10.2. The zero-order valence-electron chi connectivity index (χ0n) is 17.2. The molecule has 0 bridgehead atoms. The topological polar surface area (TPSA) is 114 Å². The van der Waals surface area contributed by atoms with Gasteiger partial charge in [-0.05, 0) is 49.9 Å². The Balaban J connectivity index is 1.56. The van der Waals surface area contributed by atoms with Gasteiger partial charge in [-0.25, -0.2) is 17.5 Å². The molecule has 2 atom stereocenters. The molecule has 9 nitrogen and oxygen atoms in total. The molecular weight excluding hydrogens is 429 g/mol. The Morgan fingerprint density at radius 3 is 2.32 bits per heavy atom. The van der Waals surface area contributed by atoms with Crippen LogP contribution in [0.3, 0.4) is 0 Å². The van der Waals surface area contributed by atoms with Crippen molar-refractivity contribution in [1.82, 2.24) is 14.9 Å². The fourth-order valence-electron chi connectivity index (χ4n) is 3.52. The van der Waals surface area contributed by atoms with Gasteiger partial charge in [-0.3, -0.25) is 9.59 Å². The first-order valence-corrected chi connectivity index (χ1v) is 11.8. The van der Waals surface area contributed by atoms with Crippen molar-refractivity contribution in [3.63, 3.8) is 0 Å². The van der Waals surface area contributed by atoms with Gasteiger partial charge < -0.3 is 19.7 Å². The number of hydrogen-bond acceptors (Lipinski definition) is 6. The van der Waals surface area contributed by atoms with Crippen LogP contribution in [0.5, 0.6) is 0 Å². The highest BCUT2D eigenvalue weighted by Gasteiger charge is 2.26. The van der Waals surface area contributed by atoms with Gasteiger partial charge in [-0.2, -0.15) is 0 Å². The fraction of sp³-hybridized carbons (Fsp3) is 0.600. The highest BCUT2D eigenvalue weighted by molar-refractivity contribution is 7.89. The van der Waals surface area contributed by atoms with Gasteiger partial charge in [-0.15, -0.1) is 0 Å². The highest BCUT2D eigenvalue weighted by atomic mass is 32.2. The molecule has 0 aromatic heterocycles. The Morgan fingerprint density at radius 2 is 1.71 bits per heavy atom. The Hall–Kier alpha value is -2.08. The number of amides is 2. The second-order valence-electron chi connectivity index (χ2n) is 7.63. The van der Waals surface area contributed by atoms with Crippen molar-refractivity contribution in [1.29, 1.82) is 0 Å². The van der Waals surface area contributed by atoms with Gasteiger partial charge in [0.25, 0.3) is 0 Å². The van der Waals surface area contributed by atoms with E-state index in [1.807, 2.05) is 0 Å². The van der Waals surface area contributed by atoms with E-state index in [4.69, 9.17) is 9.47 Å². The first-order valence-electron chi connectivity index (χ1n) is 10.4. The Labute approximate surface area is 181 Å². The lowest BCUT2D eigenvalue weighted by Gasteiger charge is -2.25. The molecule has 2 aliphatic heterocycles. The SMILES string of the molecule is O=C(CN(C[C@H]1CCCO1)C(=O)CNS(=O)(=O)c1ccc(F)cc1)NC[C@@H]1CCCO1. The lowest BCUT2D eigenvalue weighted by molar-refractivity contribution is -0.136. The fourth-order valence-corrected chi connectivity index (χ4v) is 4.49. The molecule has 2 fully saturated rings. The molecule has 0 saturated carbocycles. The molecule has 2 heterocycles. The van der Waals surface area contributed by atoms with Gasteiger partial charge in [0.05, 0.1) is 30.2 Å². The summed E-state index contributed by atoms with van der Waals surface area (Å²) in [5, 5.41) is 2.77. The number of rotatable bonds is 10. The molecule has 0 radical (unpaired) electrons. The first-order chi connectivity index (χ1) is 14.8. The standard InChI is InChI=1S/C20H28FN3O6S/c21-15-5-7-18(8-6-15)31(27,28)23-12-20(26)24(13-17-4-2-10-30-17)14-19(25)22-11-16-3-1-9-29-16/h5-8,16-17,23H,1-4,9-14H2,(H,22,25)/t16-,17+/m0/s1. The van der Waals surface area contributed by atoms with Crippen LogP contribution in [-0.4, -0.2) is 76.7 Å². The lowest BCUT2D eigenvalue weighted by Crippen LogP contribution is -2.48. The molecule has 0 aliphatic carbocycles. The third-order valence-corrected chi connectivity index (χ3v) is 6.64. The number of carbonyl (C=O) groups excluding carboxylic acids is 2. The molecule has 2 saturated heterocycles. The van der Waals surface area contributed by atoms with Crippen molar-refractivity contribution in [2.75, 3.05) is 39.4 Å². The van der Waals surface area contributed by atoms with Crippen molar-refractivity contribution < 1.29 is 31.9 Å². The van der Waals surface area contributed by atoms with E-state index in [0.717, 1.165) is 49.9 Å². The van der Waals surface area contributed by atoms with Crippen LogP contribution in [0.4, 0.5) is 4.39 Å². The van der Waals surface area contributed by atoms with E-state index in [1.54, 1.807) is 0 Å². The van der Waals surface area contributed by atoms with Crippen LogP contribution in [0.2, 0.25) is 0 Å². The third kappa shape index (κ3) is 7.23. The molecule has 3 rings (SSSR count). The van der Waals surface area contributed by atoms with E-state index in [-0.39, 0.29) is 36.1 Å². The summed E-state index contributed by atoms with van der Waals surface area (Å²) < 4.78 is 51.0. The van der Waals surface area contributed by atoms with Crippen molar-refractivity contribution in [3.8, 4) is 0 Å². The minimum Gasteiger partial charge on any atom is -0.376 e. The van der Waals surface area contributed by atoms with Crippen molar-refractivity contribution in [2.45, 2.75) is 42.8 Å². The van der Waals surface area contributed by atoms with E-state index in [1.165, 1.54) is 4.90 Å². The normalized spacial score (nSPS) is 21.2. The molecule has 2 aliphatic rings. The summed E-state index contributed by atoms with van der Waals surface area (Å²) in [7, 11) is -4.00. The maximum atomic E-state index is 13.0. The minimum atomic E-state index is -4.00. The Morgan fingerprint density at radius 1 is 1.06 bits per heavy atom. The molecule has 11 heteroatoms. The molecule has 2 N–H and O–H groups in total. The molecule has 0 unspecified atom stereocenters. The molecule has 2 amide bonds. The number of nitrogens with one attached hydrogen (secondary N) is 2. The largest absolute Gasteiger partial charge is 0.376 e. The van der Waals surface area contributed by atoms with E-state index in [9.17, 15) is 22.4 Å². The monoisotopic (exact) mass is 457 g/mol. The number of sulfonamides is 1. The minimum absolute atomic E-state index is 0.0196. The number of hydrogen-bond donors (Lipinski definition) is 2. The van der Waals surface area contributed by atoms with Crippen LogP contribution in [0.1, 0.15) is 25.7 Å². The summed E-state index contributed by atoms with van der Waals surface area (Å²) >= 11 is 0. The van der Waals surface area contributed by atoms with Crippen LogP contribution in [-0.2, 0) is 29.1 Å². The van der Waals surface area contributed by atoms with Crippen molar-refractivity contribution >= 4 is 21.8 Å². The second kappa shape index (κ2) is 11.0. The van der Waals surface area contributed by atoms with Crippen LogP contribution >= 0.6 is 0 Å². The van der Waals surface area contributed by atoms with Crippen LogP contribution in [0.15, 0.2) is 29.2 Å². The average Bonchev–Trinajstić information content (AvgIpc) is 3.44. The van der Waals surface area contributed by atoms with E-state index in [0.29, 0.717) is 19.8 Å². The van der Waals surface area contributed by atoms with Crippen LogP contribution in [0, 0.1) is 5.82 Å². The molecule has 0 spiro atoms. The molecule has 1 aromatic rings. The van der Waals surface area contributed by atoms with Gasteiger partial charge in [0.15, 0.2) is 0 Å². The van der Waals surface area contributed by atoms with Gasteiger partial charge in [-0.1, -0.05) is 0 Å². The van der Waals surface area contributed by atoms with E-state index in [2.05, 4.69) is 10.0 Å². The van der Waals surface area contributed by atoms with E-state index < -0.39 is 28.3 Å². The van der Waals surface area contributed by atoms with Crippen molar-refractivity contribution in [2.24, 2.45) is 0 Å². The zero-order chi connectivity index (χ0) is 22.3. The number of ether oxygens (including phenoxy) is 2. The molecular formula is C20H28FN3O6S. The van der Waals surface area contributed by atoms with Gasteiger partial charge in [0, 0.05) is 26.3 Å². The molecule has 172 valence electrons. The smallest absolute Gasteiger partial charge is 0.241 e. The average molecular weight is 458 g/mol. The van der Waals surface area contributed by atoms with Crippen LogP contribution in [0.25, 0.3) is 0 Å². The summed E-state index contributed by atoms with van der Waals surface area (Å²) in [5.41, 5.74) is 0. The summed E-state index contributed by atoms with van der Waals surface area (Å²) in [6.45, 7) is 1.12. The number of carbonyl (C=O) groups is 2. The Kier molecular flexibility index (Phi) is 8.35. The Bertz CT molecular complexity index is 852. The van der Waals surface area contributed by atoms with Gasteiger partial charge in [0.1, 0.15) is 5.82 Å². The predicted octanol–water partition coefficient (Wildman–Crippen LogP) is 0.407. The maximum Gasteiger partial charge on any atom is 0.241 e. The summed E-state index contributed by atoms with van der Waals surface area (Å²) in [5.74, 6) is -1.46. The van der Waals surface area contributed by atoms with Gasteiger partial charge >= 0.3 is 0 Å². The van der Waals surface area contributed by atoms with Gasteiger partial charge in [0.2, 0.25) is 21.8 Å². The zero-order valence-corrected chi connectivity index (χ0v) is 18.0. The second-order valence-corrected chi connectivity index (χ2v) is 9.39. The third-order valence-electron chi connectivity index (χ3n) is 5.22. The van der Waals surface area contributed by atoms with E-state index >= 15 is 0 Å². The molecule has 1 aromatic carbocycles. The first kappa shape index (κ1) is 23.6. The number of halogens is 1. The summed E-state index contributed by atoms with van der Waals surface area (Å²) in [4.78, 5) is 26.3. The molecule has 31 heavy (non-hydrogen) atoms. The summed E-state index contributed by atoms with van der Waals surface area (Å²) in [6.07, 6.45) is 3.26. The maximum absolute atomic E-state index is 13.0. The quantitative estimate of drug-likeness (QED) is 0.526. The predicted molar refractivity (Wildman–Crippen MR) is 109 cm³/mol. The van der Waals surface area contributed by atoms with Crippen molar-refractivity contribution in [3.05, 3.63) is 30.1 Å². The number of benzene rings is 1. The number of nitrogens with zero attached hydrogens (tertiary/aromatic N) is 1. The summed E-state index contributed by atoms with van der Waals surface area (Å²) in [6, 6.07) is 4.28. The van der Waals surface area contributed by atoms with Crippen LogP contribution < -0.4 is 10.0 Å².